The molecule has 2 rings (SSSR count). The Morgan fingerprint density at radius 2 is 1.45 bits per heavy atom. The summed E-state index contributed by atoms with van der Waals surface area (Å²) < 4.78 is 5.95. The summed E-state index contributed by atoms with van der Waals surface area (Å²) in [5, 5.41) is 8.62. The number of hydrogen-bond donors (Lipinski definition) is 1. The molecule has 0 radical (unpaired) electrons. The van der Waals surface area contributed by atoms with Crippen LogP contribution in [0.2, 0.25) is 0 Å². The third-order valence-electron chi connectivity index (χ3n) is 6.97. The average molecular weight is 431 g/mol. The van der Waals surface area contributed by atoms with Crippen LogP contribution in [0.15, 0.2) is 24.3 Å². The Bertz CT molecular complexity index is 572. The maximum absolute atomic E-state index is 10.5. The molecule has 1 aliphatic rings. The van der Waals surface area contributed by atoms with Crippen molar-refractivity contribution in [2.75, 3.05) is 6.61 Å². The van der Waals surface area contributed by atoms with Crippen molar-refractivity contribution in [1.82, 2.24) is 0 Å². The number of benzene rings is 1. The van der Waals surface area contributed by atoms with E-state index in [2.05, 4.69) is 31.2 Å². The number of aliphatic carboxylic acids is 1. The highest BCUT2D eigenvalue weighted by atomic mass is 16.5. The topological polar surface area (TPSA) is 46.5 Å². The molecule has 0 saturated heterocycles. The second-order valence-electron chi connectivity index (χ2n) is 9.60. The van der Waals surface area contributed by atoms with Gasteiger partial charge in [-0.3, -0.25) is 4.79 Å². The van der Waals surface area contributed by atoms with Crippen molar-refractivity contribution < 1.29 is 14.6 Å². The zero-order chi connectivity index (χ0) is 22.2. The molecule has 1 saturated carbocycles. The third-order valence-corrected chi connectivity index (χ3v) is 6.97. The van der Waals surface area contributed by atoms with E-state index in [-0.39, 0.29) is 0 Å². The number of ether oxygens (including phenoxy) is 1. The van der Waals surface area contributed by atoms with Gasteiger partial charge in [0.05, 0.1) is 6.61 Å². The lowest BCUT2D eigenvalue weighted by Gasteiger charge is -2.29. The number of hydrogen-bond acceptors (Lipinski definition) is 2. The van der Waals surface area contributed by atoms with Gasteiger partial charge in [0, 0.05) is 6.42 Å². The molecule has 176 valence electrons. The van der Waals surface area contributed by atoms with Crippen LogP contribution in [-0.2, 0) is 4.79 Å². The number of rotatable bonds is 17. The lowest BCUT2D eigenvalue weighted by molar-refractivity contribution is -0.137. The highest BCUT2D eigenvalue weighted by Gasteiger charge is 2.21. The number of unbranched alkanes of at least 4 members (excludes halogenated alkanes) is 9. The molecule has 0 aromatic heterocycles. The molecule has 0 spiro atoms. The molecule has 31 heavy (non-hydrogen) atoms. The molecule has 3 nitrogen and oxygen atoms in total. The molecule has 1 aromatic rings. The predicted octanol–water partition coefficient (Wildman–Crippen LogP) is 8.52. The summed E-state index contributed by atoms with van der Waals surface area (Å²) in [7, 11) is 0. The summed E-state index contributed by atoms with van der Waals surface area (Å²) in [5.41, 5.74) is 1.50. The van der Waals surface area contributed by atoms with Crippen molar-refractivity contribution >= 4 is 5.97 Å². The van der Waals surface area contributed by atoms with Gasteiger partial charge < -0.3 is 9.84 Å². The van der Waals surface area contributed by atoms with Crippen molar-refractivity contribution in [3.63, 3.8) is 0 Å². The fourth-order valence-corrected chi connectivity index (χ4v) is 4.93. The summed E-state index contributed by atoms with van der Waals surface area (Å²) >= 11 is 0. The van der Waals surface area contributed by atoms with E-state index in [9.17, 15) is 4.79 Å². The highest BCUT2D eigenvalue weighted by molar-refractivity contribution is 5.66. The number of carboxylic acids is 1. The summed E-state index contributed by atoms with van der Waals surface area (Å²) in [5.74, 6) is 2.06. The Morgan fingerprint density at radius 1 is 0.839 bits per heavy atom. The number of carboxylic acid groups (broad SMARTS) is 1. The first-order valence-corrected chi connectivity index (χ1v) is 13.1. The molecule has 3 heteroatoms. The first-order chi connectivity index (χ1) is 15.2. The fraction of sp³-hybridized carbons (Fsp3) is 0.750. The van der Waals surface area contributed by atoms with Crippen LogP contribution in [0.25, 0.3) is 0 Å². The molecule has 0 aliphatic heterocycles. The van der Waals surface area contributed by atoms with Crippen LogP contribution in [0.5, 0.6) is 5.75 Å². The van der Waals surface area contributed by atoms with Crippen LogP contribution in [0.3, 0.4) is 0 Å². The highest BCUT2D eigenvalue weighted by Crippen LogP contribution is 2.38. The minimum Gasteiger partial charge on any atom is -0.494 e. The van der Waals surface area contributed by atoms with Crippen molar-refractivity contribution in [3.05, 3.63) is 29.8 Å². The largest absolute Gasteiger partial charge is 0.494 e. The van der Waals surface area contributed by atoms with Gasteiger partial charge in [-0.15, -0.1) is 0 Å². The predicted molar refractivity (Wildman–Crippen MR) is 130 cm³/mol. The molecule has 0 heterocycles. The van der Waals surface area contributed by atoms with Crippen LogP contribution in [0, 0.1) is 5.92 Å². The van der Waals surface area contributed by atoms with Crippen LogP contribution < -0.4 is 4.74 Å². The third kappa shape index (κ3) is 11.6. The Hall–Kier alpha value is -1.51. The van der Waals surface area contributed by atoms with Crippen LogP contribution >= 0.6 is 0 Å². The normalized spacial score (nSPS) is 18.7. The SMILES string of the molecule is CCCCCC1CCC(c2ccc(OCCCCCCCCCCC(=O)O)cc2)CC1. The van der Waals surface area contributed by atoms with E-state index in [1.54, 1.807) is 0 Å². The van der Waals surface area contributed by atoms with E-state index < -0.39 is 5.97 Å². The van der Waals surface area contributed by atoms with E-state index in [4.69, 9.17) is 9.84 Å². The second-order valence-corrected chi connectivity index (χ2v) is 9.60. The van der Waals surface area contributed by atoms with Crippen LogP contribution in [0.4, 0.5) is 0 Å². The first kappa shape index (κ1) is 25.7. The monoisotopic (exact) mass is 430 g/mol. The molecule has 0 unspecified atom stereocenters. The van der Waals surface area contributed by atoms with Gasteiger partial charge in [0.15, 0.2) is 0 Å². The first-order valence-electron chi connectivity index (χ1n) is 13.1. The minimum atomic E-state index is -0.671. The lowest BCUT2D eigenvalue weighted by atomic mass is 9.77. The molecule has 1 aromatic carbocycles. The molecule has 1 fully saturated rings. The molecular formula is C28H46O3. The number of carbonyl (C=O) groups is 1. The molecule has 1 N–H and O–H groups in total. The fourth-order valence-electron chi connectivity index (χ4n) is 4.93. The van der Waals surface area contributed by atoms with Gasteiger partial charge in [-0.2, -0.15) is 0 Å². The van der Waals surface area contributed by atoms with Crippen LogP contribution in [-0.4, -0.2) is 17.7 Å². The van der Waals surface area contributed by atoms with Gasteiger partial charge in [0.1, 0.15) is 5.75 Å². The van der Waals surface area contributed by atoms with Gasteiger partial charge in [0.25, 0.3) is 0 Å². The molecule has 1 aliphatic carbocycles. The van der Waals surface area contributed by atoms with Crippen LogP contribution in [0.1, 0.15) is 128 Å². The smallest absolute Gasteiger partial charge is 0.303 e. The molecule has 0 bridgehead atoms. The zero-order valence-electron chi connectivity index (χ0n) is 20.0. The lowest BCUT2D eigenvalue weighted by Crippen LogP contribution is -2.13. The van der Waals surface area contributed by atoms with Crippen molar-refractivity contribution in [1.29, 1.82) is 0 Å². The molecule has 0 atom stereocenters. The zero-order valence-corrected chi connectivity index (χ0v) is 20.0. The van der Waals surface area contributed by atoms with Crippen molar-refractivity contribution in [2.45, 2.75) is 122 Å². The van der Waals surface area contributed by atoms with E-state index >= 15 is 0 Å². The quantitative estimate of drug-likeness (QED) is 0.252. The van der Waals surface area contributed by atoms with E-state index in [0.717, 1.165) is 49.9 Å². The standard InChI is InChI=1S/C28H46O3/c1-2-3-10-13-24-15-17-25(18-16-24)26-19-21-27(22-20-26)31-23-12-9-7-5-4-6-8-11-14-28(29)30/h19-22,24-25H,2-18,23H2,1H3,(H,29,30). The van der Waals surface area contributed by atoms with Gasteiger partial charge >= 0.3 is 5.97 Å². The molecule has 0 amide bonds. The summed E-state index contributed by atoms with van der Waals surface area (Å²) in [6.07, 6.45) is 20.6. The Labute approximate surface area is 191 Å². The Morgan fingerprint density at radius 3 is 2.06 bits per heavy atom. The maximum atomic E-state index is 10.5. The van der Waals surface area contributed by atoms with E-state index in [0.29, 0.717) is 6.42 Å². The minimum absolute atomic E-state index is 0.318. The average Bonchev–Trinajstić information content (AvgIpc) is 2.78. The van der Waals surface area contributed by atoms with E-state index in [1.165, 1.54) is 82.6 Å². The van der Waals surface area contributed by atoms with Crippen molar-refractivity contribution in [2.24, 2.45) is 5.92 Å². The van der Waals surface area contributed by atoms with Gasteiger partial charge in [0.2, 0.25) is 0 Å². The Kier molecular flexibility index (Phi) is 13.4. The van der Waals surface area contributed by atoms with Crippen molar-refractivity contribution in [3.8, 4) is 5.75 Å². The van der Waals surface area contributed by atoms with Gasteiger partial charge in [-0.05, 0) is 68.1 Å². The summed E-state index contributed by atoms with van der Waals surface area (Å²) in [6.45, 7) is 3.10. The summed E-state index contributed by atoms with van der Waals surface area (Å²) in [4.78, 5) is 10.5. The summed E-state index contributed by atoms with van der Waals surface area (Å²) in [6, 6.07) is 8.92. The second kappa shape index (κ2) is 16.2. The van der Waals surface area contributed by atoms with E-state index in [1.807, 2.05) is 0 Å². The Balaban J connectivity index is 1.49. The maximum Gasteiger partial charge on any atom is 0.303 e. The van der Waals surface area contributed by atoms with Gasteiger partial charge in [-0.1, -0.05) is 83.3 Å². The molecular weight excluding hydrogens is 384 g/mol. The van der Waals surface area contributed by atoms with Gasteiger partial charge in [-0.25, -0.2) is 0 Å².